The summed E-state index contributed by atoms with van der Waals surface area (Å²) in [7, 11) is 0. The SMILES string of the molecule is Cc1onc(-c2ccccc2)c1C(=O)NNC(=O)c1cccs1. The van der Waals surface area contributed by atoms with E-state index in [-0.39, 0.29) is 5.91 Å². The number of carbonyl (C=O) groups excluding carboxylic acids is 2. The van der Waals surface area contributed by atoms with Crippen LogP contribution in [-0.4, -0.2) is 17.0 Å². The maximum Gasteiger partial charge on any atom is 0.279 e. The summed E-state index contributed by atoms with van der Waals surface area (Å²) >= 11 is 1.29. The maximum atomic E-state index is 12.4. The Hall–Kier alpha value is -2.93. The quantitative estimate of drug-likeness (QED) is 0.725. The van der Waals surface area contributed by atoms with Crippen molar-refractivity contribution in [1.82, 2.24) is 16.0 Å². The standard InChI is InChI=1S/C16H13N3O3S/c1-10-13(14(19-22-10)11-6-3-2-4-7-11)16(21)18-17-15(20)12-8-5-9-23-12/h2-9H,1H3,(H,17,20)(H,18,21). The third kappa shape index (κ3) is 3.14. The minimum absolute atomic E-state index is 0.294. The number of amides is 2. The minimum Gasteiger partial charge on any atom is -0.360 e. The van der Waals surface area contributed by atoms with Crippen molar-refractivity contribution in [3.05, 3.63) is 64.0 Å². The summed E-state index contributed by atoms with van der Waals surface area (Å²) in [5.74, 6) is -0.469. The molecular weight excluding hydrogens is 314 g/mol. The highest BCUT2D eigenvalue weighted by Crippen LogP contribution is 2.24. The molecule has 2 aromatic heterocycles. The van der Waals surface area contributed by atoms with Crippen molar-refractivity contribution >= 4 is 23.2 Å². The first-order valence-corrected chi connectivity index (χ1v) is 7.70. The van der Waals surface area contributed by atoms with E-state index in [0.717, 1.165) is 5.56 Å². The molecule has 0 atom stereocenters. The molecule has 0 fully saturated rings. The average Bonchev–Trinajstić information content (AvgIpc) is 3.23. The van der Waals surface area contributed by atoms with Crippen LogP contribution in [0.5, 0.6) is 0 Å². The molecule has 0 saturated heterocycles. The largest absolute Gasteiger partial charge is 0.360 e. The fourth-order valence-corrected chi connectivity index (χ4v) is 2.70. The molecule has 2 amide bonds. The number of nitrogens with one attached hydrogen (secondary N) is 2. The van der Waals surface area contributed by atoms with Crippen molar-refractivity contribution in [2.45, 2.75) is 6.92 Å². The van der Waals surface area contributed by atoms with E-state index in [1.807, 2.05) is 30.3 Å². The van der Waals surface area contributed by atoms with Gasteiger partial charge in [0.15, 0.2) is 0 Å². The summed E-state index contributed by atoms with van der Waals surface area (Å²) in [6, 6.07) is 12.7. The third-order valence-corrected chi connectivity index (χ3v) is 4.04. The lowest BCUT2D eigenvalue weighted by molar-refractivity contribution is 0.0848. The van der Waals surface area contributed by atoms with Crippen LogP contribution in [0.3, 0.4) is 0 Å². The second-order valence-electron chi connectivity index (χ2n) is 4.71. The van der Waals surface area contributed by atoms with Gasteiger partial charge in [0.1, 0.15) is 17.0 Å². The van der Waals surface area contributed by atoms with Gasteiger partial charge in [-0.05, 0) is 18.4 Å². The van der Waals surface area contributed by atoms with E-state index in [1.54, 1.807) is 24.4 Å². The Morgan fingerprint density at radius 1 is 1.04 bits per heavy atom. The molecule has 1 aromatic carbocycles. The van der Waals surface area contributed by atoms with Gasteiger partial charge in [-0.2, -0.15) is 0 Å². The Labute approximate surface area is 136 Å². The van der Waals surface area contributed by atoms with E-state index in [0.29, 0.717) is 21.9 Å². The first-order chi connectivity index (χ1) is 11.2. The van der Waals surface area contributed by atoms with Gasteiger partial charge in [-0.3, -0.25) is 20.4 Å². The Morgan fingerprint density at radius 2 is 1.78 bits per heavy atom. The van der Waals surface area contributed by atoms with Crippen molar-refractivity contribution in [3.63, 3.8) is 0 Å². The normalized spacial score (nSPS) is 10.3. The zero-order valence-electron chi connectivity index (χ0n) is 12.2. The molecule has 0 radical (unpaired) electrons. The number of benzene rings is 1. The number of nitrogens with zero attached hydrogens (tertiary/aromatic N) is 1. The molecule has 0 unspecified atom stereocenters. The van der Waals surface area contributed by atoms with Gasteiger partial charge < -0.3 is 4.52 Å². The highest BCUT2D eigenvalue weighted by Gasteiger charge is 2.22. The summed E-state index contributed by atoms with van der Waals surface area (Å²) in [6.45, 7) is 1.65. The zero-order chi connectivity index (χ0) is 16.2. The van der Waals surface area contributed by atoms with Crippen LogP contribution in [0.25, 0.3) is 11.3 Å². The monoisotopic (exact) mass is 327 g/mol. The molecule has 0 aliphatic carbocycles. The molecule has 0 spiro atoms. The first-order valence-electron chi connectivity index (χ1n) is 6.82. The first kappa shape index (κ1) is 15.0. The molecular formula is C16H13N3O3S. The number of rotatable bonds is 3. The highest BCUT2D eigenvalue weighted by atomic mass is 32.1. The lowest BCUT2D eigenvalue weighted by Gasteiger charge is -2.06. The Bertz CT molecular complexity index is 826. The number of aryl methyl sites for hydroxylation is 1. The second kappa shape index (κ2) is 6.45. The van der Waals surface area contributed by atoms with Gasteiger partial charge in [0.2, 0.25) is 0 Å². The Morgan fingerprint density at radius 3 is 2.48 bits per heavy atom. The number of hydrazine groups is 1. The van der Waals surface area contributed by atoms with Crippen LogP contribution in [0, 0.1) is 6.92 Å². The molecule has 116 valence electrons. The van der Waals surface area contributed by atoms with E-state index in [4.69, 9.17) is 4.52 Å². The van der Waals surface area contributed by atoms with Crippen LogP contribution in [0.4, 0.5) is 0 Å². The van der Waals surface area contributed by atoms with Crippen molar-refractivity contribution < 1.29 is 14.1 Å². The second-order valence-corrected chi connectivity index (χ2v) is 5.66. The van der Waals surface area contributed by atoms with Crippen LogP contribution >= 0.6 is 11.3 Å². The molecule has 2 N–H and O–H groups in total. The van der Waals surface area contributed by atoms with Crippen molar-refractivity contribution in [1.29, 1.82) is 0 Å². The third-order valence-electron chi connectivity index (χ3n) is 3.17. The fourth-order valence-electron chi connectivity index (χ4n) is 2.08. The maximum absolute atomic E-state index is 12.4. The summed E-state index contributed by atoms with van der Waals surface area (Å²) in [5, 5.41) is 5.72. The van der Waals surface area contributed by atoms with Crippen molar-refractivity contribution in [3.8, 4) is 11.3 Å². The van der Waals surface area contributed by atoms with Gasteiger partial charge >= 0.3 is 0 Å². The fraction of sp³-hybridized carbons (Fsp3) is 0.0625. The summed E-state index contributed by atoms with van der Waals surface area (Å²) < 4.78 is 5.13. The number of hydrogen-bond acceptors (Lipinski definition) is 5. The molecule has 0 aliphatic rings. The summed E-state index contributed by atoms with van der Waals surface area (Å²) in [6.07, 6.45) is 0. The number of thiophene rings is 1. The minimum atomic E-state index is -0.479. The van der Waals surface area contributed by atoms with Crippen LogP contribution in [0.1, 0.15) is 25.8 Å². The van der Waals surface area contributed by atoms with Gasteiger partial charge in [0.25, 0.3) is 11.8 Å². The molecule has 3 aromatic rings. The van der Waals surface area contributed by atoms with E-state index in [2.05, 4.69) is 16.0 Å². The molecule has 6 nitrogen and oxygen atoms in total. The van der Waals surface area contributed by atoms with Crippen molar-refractivity contribution in [2.75, 3.05) is 0 Å². The van der Waals surface area contributed by atoms with Gasteiger partial charge in [0, 0.05) is 5.56 Å². The van der Waals surface area contributed by atoms with E-state index < -0.39 is 5.91 Å². The summed E-state index contributed by atoms with van der Waals surface area (Å²) in [4.78, 5) is 24.7. The molecule has 0 bridgehead atoms. The lowest BCUT2D eigenvalue weighted by Crippen LogP contribution is -2.41. The molecule has 7 heteroatoms. The smallest absolute Gasteiger partial charge is 0.279 e. The van der Waals surface area contributed by atoms with Gasteiger partial charge in [-0.25, -0.2) is 0 Å². The van der Waals surface area contributed by atoms with E-state index in [9.17, 15) is 9.59 Å². The predicted molar refractivity (Wildman–Crippen MR) is 85.9 cm³/mol. The Balaban J connectivity index is 1.78. The number of aromatic nitrogens is 1. The zero-order valence-corrected chi connectivity index (χ0v) is 13.0. The van der Waals surface area contributed by atoms with Crippen LogP contribution in [0.15, 0.2) is 52.4 Å². The van der Waals surface area contributed by atoms with Gasteiger partial charge in [-0.15, -0.1) is 11.3 Å². The molecule has 3 rings (SSSR count). The molecule has 23 heavy (non-hydrogen) atoms. The van der Waals surface area contributed by atoms with Gasteiger partial charge in [0.05, 0.1) is 4.88 Å². The topological polar surface area (TPSA) is 84.2 Å². The number of carbonyl (C=O) groups is 2. The van der Waals surface area contributed by atoms with Crippen LogP contribution in [-0.2, 0) is 0 Å². The van der Waals surface area contributed by atoms with Crippen LogP contribution in [0.2, 0.25) is 0 Å². The van der Waals surface area contributed by atoms with Gasteiger partial charge in [-0.1, -0.05) is 41.6 Å². The molecule has 0 aliphatic heterocycles. The van der Waals surface area contributed by atoms with E-state index >= 15 is 0 Å². The lowest BCUT2D eigenvalue weighted by atomic mass is 10.1. The van der Waals surface area contributed by atoms with E-state index in [1.165, 1.54) is 11.3 Å². The Kier molecular flexibility index (Phi) is 4.20. The average molecular weight is 327 g/mol. The van der Waals surface area contributed by atoms with Crippen LogP contribution < -0.4 is 10.9 Å². The predicted octanol–water partition coefficient (Wildman–Crippen LogP) is 2.79. The highest BCUT2D eigenvalue weighted by molar-refractivity contribution is 7.12. The molecule has 0 saturated carbocycles. The number of hydrogen-bond donors (Lipinski definition) is 2. The summed E-state index contributed by atoms with van der Waals surface area (Å²) in [5.41, 5.74) is 6.27. The molecule has 2 heterocycles. The van der Waals surface area contributed by atoms with Crippen molar-refractivity contribution in [2.24, 2.45) is 0 Å².